The molecule has 0 saturated heterocycles. The second-order valence-electron chi connectivity index (χ2n) is 2.73. The summed E-state index contributed by atoms with van der Waals surface area (Å²) < 4.78 is 0. The standard InChI is InChI=1S/C9H10N4S/c1-3-10-9(11-4-1)12-5-2-8-6-14-7-13-8/h1,3-4,6-7H,2,5H2,(H,10,11,12). The first-order chi connectivity index (χ1) is 6.95. The number of nitrogens with zero attached hydrogens (tertiary/aromatic N) is 3. The molecule has 0 radical (unpaired) electrons. The number of hydrogen-bond donors (Lipinski definition) is 1. The lowest BCUT2D eigenvalue weighted by atomic mass is 10.3. The second kappa shape index (κ2) is 4.66. The molecule has 0 aromatic carbocycles. The van der Waals surface area contributed by atoms with Gasteiger partial charge in [-0.2, -0.15) is 0 Å². The van der Waals surface area contributed by atoms with Crippen LogP contribution < -0.4 is 5.32 Å². The molecule has 72 valence electrons. The van der Waals surface area contributed by atoms with Crippen LogP contribution in [0.15, 0.2) is 29.4 Å². The van der Waals surface area contributed by atoms with Crippen molar-refractivity contribution >= 4 is 17.3 Å². The number of anilines is 1. The quantitative estimate of drug-likeness (QED) is 0.825. The Morgan fingerprint density at radius 2 is 2.07 bits per heavy atom. The third-order valence-electron chi connectivity index (χ3n) is 1.71. The first-order valence-corrected chi connectivity index (χ1v) is 5.27. The Kier molecular flexibility index (Phi) is 3.03. The molecule has 0 bridgehead atoms. The Hall–Kier alpha value is -1.49. The van der Waals surface area contributed by atoms with Crippen molar-refractivity contribution in [3.05, 3.63) is 35.0 Å². The minimum Gasteiger partial charge on any atom is -0.354 e. The van der Waals surface area contributed by atoms with Gasteiger partial charge in [-0.15, -0.1) is 11.3 Å². The van der Waals surface area contributed by atoms with Gasteiger partial charge in [-0.25, -0.2) is 15.0 Å². The number of nitrogens with one attached hydrogen (secondary N) is 1. The van der Waals surface area contributed by atoms with E-state index in [9.17, 15) is 0 Å². The summed E-state index contributed by atoms with van der Waals surface area (Å²) in [6.45, 7) is 0.813. The molecule has 2 heterocycles. The van der Waals surface area contributed by atoms with Crippen molar-refractivity contribution < 1.29 is 0 Å². The van der Waals surface area contributed by atoms with Crippen molar-refractivity contribution in [1.29, 1.82) is 0 Å². The molecule has 2 aromatic rings. The normalized spacial score (nSPS) is 10.0. The van der Waals surface area contributed by atoms with E-state index in [1.807, 2.05) is 10.9 Å². The maximum Gasteiger partial charge on any atom is 0.222 e. The van der Waals surface area contributed by atoms with E-state index < -0.39 is 0 Å². The van der Waals surface area contributed by atoms with Gasteiger partial charge in [-0.05, 0) is 6.07 Å². The third kappa shape index (κ3) is 2.50. The van der Waals surface area contributed by atoms with Crippen LogP contribution in [0.3, 0.4) is 0 Å². The van der Waals surface area contributed by atoms with Crippen LogP contribution in [0.5, 0.6) is 0 Å². The summed E-state index contributed by atoms with van der Waals surface area (Å²) in [6, 6.07) is 1.80. The zero-order valence-corrected chi connectivity index (χ0v) is 8.37. The van der Waals surface area contributed by atoms with E-state index in [2.05, 4.69) is 20.3 Å². The molecule has 0 aliphatic rings. The monoisotopic (exact) mass is 206 g/mol. The smallest absolute Gasteiger partial charge is 0.222 e. The van der Waals surface area contributed by atoms with E-state index in [-0.39, 0.29) is 0 Å². The molecule has 1 N–H and O–H groups in total. The minimum absolute atomic E-state index is 0.669. The fourth-order valence-corrected chi connectivity index (χ4v) is 1.65. The Balaban J connectivity index is 1.79. The largest absolute Gasteiger partial charge is 0.354 e. The van der Waals surface area contributed by atoms with Crippen molar-refractivity contribution in [1.82, 2.24) is 15.0 Å². The lowest BCUT2D eigenvalue weighted by Gasteiger charge is -2.01. The average Bonchev–Trinajstić information content (AvgIpc) is 2.72. The maximum atomic E-state index is 4.19. The average molecular weight is 206 g/mol. The summed E-state index contributed by atoms with van der Waals surface area (Å²) in [5, 5.41) is 5.17. The van der Waals surface area contributed by atoms with E-state index in [1.165, 1.54) is 0 Å². The maximum absolute atomic E-state index is 4.19. The van der Waals surface area contributed by atoms with Crippen molar-refractivity contribution in [2.45, 2.75) is 6.42 Å². The predicted molar refractivity (Wildman–Crippen MR) is 56.3 cm³/mol. The molecule has 0 amide bonds. The fourth-order valence-electron chi connectivity index (χ4n) is 1.05. The van der Waals surface area contributed by atoms with E-state index >= 15 is 0 Å². The summed E-state index contributed by atoms with van der Waals surface area (Å²) in [7, 11) is 0. The molecule has 0 fully saturated rings. The van der Waals surface area contributed by atoms with E-state index in [4.69, 9.17) is 0 Å². The van der Waals surface area contributed by atoms with Crippen LogP contribution in [0.1, 0.15) is 5.69 Å². The summed E-state index contributed by atoms with van der Waals surface area (Å²) in [4.78, 5) is 12.3. The number of hydrogen-bond acceptors (Lipinski definition) is 5. The van der Waals surface area contributed by atoms with Gasteiger partial charge in [0, 0.05) is 30.7 Å². The topological polar surface area (TPSA) is 50.7 Å². The van der Waals surface area contributed by atoms with E-state index in [0.29, 0.717) is 5.95 Å². The highest BCUT2D eigenvalue weighted by Crippen LogP contribution is 2.02. The predicted octanol–water partition coefficient (Wildman–Crippen LogP) is 1.59. The van der Waals surface area contributed by atoms with Gasteiger partial charge < -0.3 is 5.32 Å². The Bertz CT molecular complexity index is 360. The van der Waals surface area contributed by atoms with E-state index in [1.54, 1.807) is 29.8 Å². The van der Waals surface area contributed by atoms with Gasteiger partial charge in [0.05, 0.1) is 11.2 Å². The van der Waals surface area contributed by atoms with Crippen LogP contribution in [-0.4, -0.2) is 21.5 Å². The lowest BCUT2D eigenvalue weighted by molar-refractivity contribution is 0.953. The fraction of sp³-hybridized carbons (Fsp3) is 0.222. The molecular formula is C9H10N4S. The van der Waals surface area contributed by atoms with Crippen LogP contribution in [0.4, 0.5) is 5.95 Å². The van der Waals surface area contributed by atoms with Crippen molar-refractivity contribution in [3.8, 4) is 0 Å². The summed E-state index contributed by atoms with van der Waals surface area (Å²) in [5.41, 5.74) is 2.95. The van der Waals surface area contributed by atoms with Crippen LogP contribution in [0.25, 0.3) is 0 Å². The van der Waals surface area contributed by atoms with Crippen LogP contribution in [0.2, 0.25) is 0 Å². The summed E-state index contributed by atoms with van der Waals surface area (Å²) in [6.07, 6.45) is 4.35. The highest BCUT2D eigenvalue weighted by molar-refractivity contribution is 7.07. The van der Waals surface area contributed by atoms with Crippen LogP contribution in [0, 0.1) is 0 Å². The number of rotatable bonds is 4. The van der Waals surface area contributed by atoms with Gasteiger partial charge in [-0.3, -0.25) is 0 Å². The molecule has 0 aliphatic carbocycles. The van der Waals surface area contributed by atoms with Gasteiger partial charge in [0.1, 0.15) is 0 Å². The molecule has 0 atom stereocenters. The molecule has 14 heavy (non-hydrogen) atoms. The number of thiazole rings is 1. The van der Waals surface area contributed by atoms with Crippen LogP contribution >= 0.6 is 11.3 Å². The first kappa shape index (κ1) is 9.08. The molecule has 2 rings (SSSR count). The van der Waals surface area contributed by atoms with Gasteiger partial charge >= 0.3 is 0 Å². The Labute approximate surface area is 86.1 Å². The first-order valence-electron chi connectivity index (χ1n) is 4.33. The van der Waals surface area contributed by atoms with Gasteiger partial charge in [0.25, 0.3) is 0 Å². The third-order valence-corrected chi connectivity index (χ3v) is 2.35. The van der Waals surface area contributed by atoms with E-state index in [0.717, 1.165) is 18.7 Å². The second-order valence-corrected chi connectivity index (χ2v) is 3.45. The van der Waals surface area contributed by atoms with Crippen molar-refractivity contribution in [2.24, 2.45) is 0 Å². The highest BCUT2D eigenvalue weighted by atomic mass is 32.1. The zero-order chi connectivity index (χ0) is 9.64. The molecule has 5 heteroatoms. The molecule has 0 saturated carbocycles. The van der Waals surface area contributed by atoms with Crippen LogP contribution in [-0.2, 0) is 6.42 Å². The molecule has 2 aromatic heterocycles. The zero-order valence-electron chi connectivity index (χ0n) is 7.55. The van der Waals surface area contributed by atoms with Gasteiger partial charge in [0.2, 0.25) is 5.95 Å². The lowest BCUT2D eigenvalue weighted by Crippen LogP contribution is -2.07. The Morgan fingerprint density at radius 1 is 1.21 bits per heavy atom. The SMILES string of the molecule is c1cnc(NCCc2cscn2)nc1. The number of aromatic nitrogens is 3. The van der Waals surface area contributed by atoms with Crippen molar-refractivity contribution in [3.63, 3.8) is 0 Å². The Morgan fingerprint density at radius 3 is 2.79 bits per heavy atom. The molecule has 4 nitrogen and oxygen atoms in total. The molecular weight excluding hydrogens is 196 g/mol. The summed E-state index contributed by atoms with van der Waals surface area (Å²) >= 11 is 1.62. The highest BCUT2D eigenvalue weighted by Gasteiger charge is 1.95. The molecule has 0 unspecified atom stereocenters. The van der Waals surface area contributed by atoms with Gasteiger partial charge in [0.15, 0.2) is 0 Å². The van der Waals surface area contributed by atoms with Gasteiger partial charge in [-0.1, -0.05) is 0 Å². The minimum atomic E-state index is 0.669. The summed E-state index contributed by atoms with van der Waals surface area (Å²) in [5.74, 6) is 0.669. The molecule has 0 spiro atoms. The molecule has 0 aliphatic heterocycles. The van der Waals surface area contributed by atoms with Crippen molar-refractivity contribution in [2.75, 3.05) is 11.9 Å².